The van der Waals surface area contributed by atoms with E-state index in [1.165, 1.54) is 12.8 Å². The number of hydrogen-bond acceptors (Lipinski definition) is 5. The molecule has 112 valence electrons. The maximum atomic E-state index is 11.9. The van der Waals surface area contributed by atoms with Crippen LogP contribution in [0.3, 0.4) is 0 Å². The number of carboxylic acid groups (broad SMARTS) is 1. The average molecular weight is 368 g/mol. The second-order valence-corrected chi connectivity index (χ2v) is 6.93. The molecular formula is C11H14BrNO6S. The summed E-state index contributed by atoms with van der Waals surface area (Å²) >= 11 is 2.89. The number of carbonyl (C=O) groups is 1. The van der Waals surface area contributed by atoms with E-state index in [0.29, 0.717) is 12.5 Å². The van der Waals surface area contributed by atoms with Gasteiger partial charge in [0, 0.05) is 19.2 Å². The normalized spacial score (nSPS) is 15.4. The lowest BCUT2D eigenvalue weighted by atomic mass is 10.5. The molecule has 1 aliphatic rings. The summed E-state index contributed by atoms with van der Waals surface area (Å²) in [6, 6.07) is 0.958. The summed E-state index contributed by atoms with van der Waals surface area (Å²) in [6.45, 7) is 1.05. The van der Waals surface area contributed by atoms with Gasteiger partial charge in [-0.1, -0.05) is 0 Å². The average Bonchev–Trinajstić information content (AvgIpc) is 3.09. The maximum absolute atomic E-state index is 11.9. The number of rotatable bonds is 8. The lowest BCUT2D eigenvalue weighted by Crippen LogP contribution is -2.27. The minimum absolute atomic E-state index is 0.120. The van der Waals surface area contributed by atoms with Crippen LogP contribution in [0.25, 0.3) is 0 Å². The maximum Gasteiger partial charge on any atom is 0.371 e. The molecule has 0 unspecified atom stereocenters. The zero-order valence-electron chi connectivity index (χ0n) is 10.5. The van der Waals surface area contributed by atoms with Gasteiger partial charge in [-0.15, -0.1) is 0 Å². The molecule has 1 aromatic rings. The highest BCUT2D eigenvalue weighted by Crippen LogP contribution is 2.28. The van der Waals surface area contributed by atoms with E-state index in [9.17, 15) is 13.2 Å². The molecule has 0 aromatic carbocycles. The van der Waals surface area contributed by atoms with Gasteiger partial charge in [0.05, 0.1) is 6.61 Å². The number of aromatic carboxylic acids is 1. The van der Waals surface area contributed by atoms with Gasteiger partial charge in [0.25, 0.3) is 0 Å². The number of carboxylic acids is 1. The molecular weight excluding hydrogens is 354 g/mol. The lowest BCUT2D eigenvalue weighted by molar-refractivity contribution is 0.0661. The van der Waals surface area contributed by atoms with Crippen molar-refractivity contribution in [1.82, 2.24) is 4.72 Å². The molecule has 1 fully saturated rings. The van der Waals surface area contributed by atoms with Gasteiger partial charge in [-0.25, -0.2) is 17.9 Å². The first kappa shape index (κ1) is 15.5. The highest BCUT2D eigenvalue weighted by molar-refractivity contribution is 9.10. The highest BCUT2D eigenvalue weighted by Gasteiger charge is 2.25. The van der Waals surface area contributed by atoms with Crippen LogP contribution in [-0.4, -0.2) is 39.3 Å². The van der Waals surface area contributed by atoms with Crippen LogP contribution in [0.4, 0.5) is 0 Å². The Bertz CT molecular complexity index is 592. The number of furan rings is 1. The molecule has 1 heterocycles. The number of ether oxygens (including phenoxy) is 1. The molecule has 0 bridgehead atoms. The number of sulfonamides is 1. The fourth-order valence-corrected chi connectivity index (χ4v) is 3.45. The van der Waals surface area contributed by atoms with Crippen molar-refractivity contribution in [3.8, 4) is 0 Å². The third-order valence-electron chi connectivity index (χ3n) is 2.74. The summed E-state index contributed by atoms with van der Waals surface area (Å²) in [6.07, 6.45) is 2.34. The van der Waals surface area contributed by atoms with Gasteiger partial charge < -0.3 is 14.3 Å². The van der Waals surface area contributed by atoms with E-state index >= 15 is 0 Å². The molecule has 1 aromatic heterocycles. The Kier molecular flexibility index (Phi) is 4.84. The van der Waals surface area contributed by atoms with Gasteiger partial charge >= 0.3 is 5.97 Å². The summed E-state index contributed by atoms with van der Waals surface area (Å²) in [4.78, 5) is 10.5. The monoisotopic (exact) mass is 367 g/mol. The summed E-state index contributed by atoms with van der Waals surface area (Å²) in [7, 11) is -3.82. The second-order valence-electron chi connectivity index (χ2n) is 4.47. The molecule has 1 saturated carbocycles. The summed E-state index contributed by atoms with van der Waals surface area (Å²) in [5.41, 5.74) is 0. The van der Waals surface area contributed by atoms with Crippen LogP contribution in [0.2, 0.25) is 0 Å². The third-order valence-corrected chi connectivity index (χ3v) is 5.06. The van der Waals surface area contributed by atoms with Gasteiger partial charge in [0.1, 0.15) is 4.90 Å². The standard InChI is InChI=1S/C11H14BrNO6S/c12-10-9(5-8(19-10)11(14)15)20(16,17)13-3-4-18-6-7-1-2-7/h5,7,13H,1-4,6H2,(H,14,15). The van der Waals surface area contributed by atoms with Crippen molar-refractivity contribution in [3.05, 3.63) is 16.5 Å². The third kappa shape index (κ3) is 4.05. The van der Waals surface area contributed by atoms with Crippen molar-refractivity contribution in [2.75, 3.05) is 19.8 Å². The lowest BCUT2D eigenvalue weighted by Gasteiger charge is -2.05. The molecule has 20 heavy (non-hydrogen) atoms. The predicted molar refractivity (Wildman–Crippen MR) is 72.1 cm³/mol. The summed E-state index contributed by atoms with van der Waals surface area (Å²) < 4.78 is 36.2. The van der Waals surface area contributed by atoms with Gasteiger partial charge in [0.2, 0.25) is 15.8 Å². The first-order valence-electron chi connectivity index (χ1n) is 6.00. The highest BCUT2D eigenvalue weighted by atomic mass is 79.9. The predicted octanol–water partition coefficient (Wildman–Crippen LogP) is 1.45. The van der Waals surface area contributed by atoms with Crippen molar-refractivity contribution in [1.29, 1.82) is 0 Å². The van der Waals surface area contributed by atoms with Crippen molar-refractivity contribution in [2.24, 2.45) is 5.92 Å². The molecule has 9 heteroatoms. The van der Waals surface area contributed by atoms with E-state index in [2.05, 4.69) is 20.7 Å². The minimum atomic E-state index is -3.82. The van der Waals surface area contributed by atoms with Crippen molar-refractivity contribution in [2.45, 2.75) is 17.7 Å². The molecule has 0 atom stereocenters. The first-order valence-corrected chi connectivity index (χ1v) is 8.28. The quantitative estimate of drug-likeness (QED) is 0.673. The van der Waals surface area contributed by atoms with Crippen molar-refractivity contribution in [3.63, 3.8) is 0 Å². The summed E-state index contributed by atoms with van der Waals surface area (Å²) in [5.74, 6) is -1.16. The number of halogens is 1. The zero-order valence-corrected chi connectivity index (χ0v) is 12.9. The fourth-order valence-electron chi connectivity index (χ4n) is 1.50. The molecule has 1 aliphatic carbocycles. The van der Waals surface area contributed by atoms with Crippen LogP contribution >= 0.6 is 15.9 Å². The Labute approximate surface area is 124 Å². The van der Waals surface area contributed by atoms with Crippen LogP contribution < -0.4 is 4.72 Å². The van der Waals surface area contributed by atoms with Crippen LogP contribution in [0.5, 0.6) is 0 Å². The largest absolute Gasteiger partial charge is 0.475 e. The number of nitrogens with one attached hydrogen (secondary N) is 1. The van der Waals surface area contributed by atoms with Crippen molar-refractivity contribution >= 4 is 31.9 Å². The van der Waals surface area contributed by atoms with Gasteiger partial charge in [-0.2, -0.15) is 0 Å². The fraction of sp³-hybridized carbons (Fsp3) is 0.545. The molecule has 2 N–H and O–H groups in total. The van der Waals surface area contributed by atoms with Gasteiger partial charge in [0.15, 0.2) is 4.67 Å². The zero-order chi connectivity index (χ0) is 14.8. The van der Waals surface area contributed by atoms with E-state index in [1.54, 1.807) is 0 Å². The number of hydrogen-bond donors (Lipinski definition) is 2. The van der Waals surface area contributed by atoms with E-state index in [-0.39, 0.29) is 22.7 Å². The Hall–Kier alpha value is -0.900. The SMILES string of the molecule is O=C(O)c1cc(S(=O)(=O)NCCOCC2CC2)c(Br)o1. The van der Waals surface area contributed by atoms with Gasteiger partial charge in [-0.3, -0.25) is 0 Å². The topological polar surface area (TPSA) is 106 Å². The molecule has 2 rings (SSSR count). The Morgan fingerprint density at radius 3 is 2.80 bits per heavy atom. The Balaban J connectivity index is 1.89. The summed E-state index contributed by atoms with van der Waals surface area (Å²) in [5, 5.41) is 8.74. The van der Waals surface area contributed by atoms with Gasteiger partial charge in [-0.05, 0) is 34.7 Å². The van der Waals surface area contributed by atoms with Crippen molar-refractivity contribution < 1.29 is 27.5 Å². The molecule has 0 aliphatic heterocycles. The van der Waals surface area contributed by atoms with Crippen LogP contribution in [0, 0.1) is 5.92 Å². The first-order chi connectivity index (χ1) is 9.40. The van der Waals surface area contributed by atoms with E-state index < -0.39 is 21.8 Å². The molecule has 7 nitrogen and oxygen atoms in total. The molecule has 0 radical (unpaired) electrons. The van der Waals surface area contributed by atoms with E-state index in [4.69, 9.17) is 14.3 Å². The second kappa shape index (κ2) is 6.25. The van der Waals surface area contributed by atoms with E-state index in [1.807, 2.05) is 0 Å². The Morgan fingerprint density at radius 1 is 1.55 bits per heavy atom. The molecule has 0 amide bonds. The van der Waals surface area contributed by atoms with E-state index in [0.717, 1.165) is 6.07 Å². The molecule has 0 spiro atoms. The minimum Gasteiger partial charge on any atom is -0.475 e. The van der Waals surface area contributed by atoms with Crippen LogP contribution in [0.1, 0.15) is 23.4 Å². The van der Waals surface area contributed by atoms with Crippen LogP contribution in [-0.2, 0) is 14.8 Å². The van der Waals surface area contributed by atoms with Crippen LogP contribution in [0.15, 0.2) is 20.0 Å². The Morgan fingerprint density at radius 2 is 2.25 bits per heavy atom. The smallest absolute Gasteiger partial charge is 0.371 e. The molecule has 0 saturated heterocycles.